The van der Waals surface area contributed by atoms with Gasteiger partial charge in [0, 0.05) is 12.1 Å². The molecule has 2 heterocycles. The Labute approximate surface area is 171 Å². The van der Waals surface area contributed by atoms with Gasteiger partial charge in [0.2, 0.25) is 5.91 Å². The van der Waals surface area contributed by atoms with E-state index in [1.807, 2.05) is 48.6 Å². The van der Waals surface area contributed by atoms with Crippen molar-refractivity contribution < 1.29 is 14.3 Å². The largest absolute Gasteiger partial charge is 0.497 e. The molecule has 7 heteroatoms. The highest BCUT2D eigenvalue weighted by Crippen LogP contribution is 2.39. The van der Waals surface area contributed by atoms with E-state index in [0.717, 1.165) is 47.8 Å². The first-order chi connectivity index (χ1) is 13.4. The first-order valence-electron chi connectivity index (χ1n) is 9.59. The second kappa shape index (κ2) is 8.43. The van der Waals surface area contributed by atoms with Crippen LogP contribution in [-0.2, 0) is 11.3 Å². The summed E-state index contributed by atoms with van der Waals surface area (Å²) in [6.45, 7) is 7.01. The first-order valence-corrected chi connectivity index (χ1v) is 9.97. The zero-order valence-electron chi connectivity index (χ0n) is 17.2. The zero-order chi connectivity index (χ0) is 20.4. The fraction of sp³-hybridized carbons (Fsp3) is 0.524. The van der Waals surface area contributed by atoms with Gasteiger partial charge in [-0.25, -0.2) is 0 Å². The molecule has 0 saturated carbocycles. The molecule has 2 atom stereocenters. The molecule has 3 rings (SSSR count). The Hall–Kier alpha value is -2.21. The van der Waals surface area contributed by atoms with Crippen molar-refractivity contribution in [1.29, 1.82) is 0 Å². The van der Waals surface area contributed by atoms with Gasteiger partial charge < -0.3 is 14.4 Å². The summed E-state index contributed by atoms with van der Waals surface area (Å²) in [5.41, 5.74) is 2.68. The average molecular weight is 406 g/mol. The number of ether oxygens (including phenoxy) is 2. The first kappa shape index (κ1) is 20.5. The summed E-state index contributed by atoms with van der Waals surface area (Å²) in [7, 11) is 3.30. The predicted octanol–water partition coefficient (Wildman–Crippen LogP) is 4.17. The SMILES string of the molecule is COc1ccc(OC)c([C@@H]2CCCN2C(=O)[C@H](C)Cn2nc(C)c(Cl)c2C)c1. The minimum absolute atomic E-state index is 0.0101. The standard InChI is InChI=1S/C21H28ClN3O3/c1-13(12-25-15(3)20(22)14(2)23-25)21(26)24-10-6-7-18(24)17-11-16(27-4)8-9-19(17)28-5/h8-9,11,13,18H,6-7,10,12H2,1-5H3/t13-,18+/m1/s1. The van der Waals surface area contributed by atoms with Crippen LogP contribution in [0.1, 0.15) is 42.8 Å². The quantitative estimate of drug-likeness (QED) is 0.723. The van der Waals surface area contributed by atoms with Gasteiger partial charge in [0.05, 0.1) is 49.1 Å². The highest BCUT2D eigenvalue weighted by Gasteiger charge is 2.34. The van der Waals surface area contributed by atoms with E-state index >= 15 is 0 Å². The average Bonchev–Trinajstić information content (AvgIpc) is 3.28. The topological polar surface area (TPSA) is 56.6 Å². The second-order valence-electron chi connectivity index (χ2n) is 7.37. The molecule has 1 aliphatic heterocycles. The van der Waals surface area contributed by atoms with Crippen molar-refractivity contribution >= 4 is 17.5 Å². The van der Waals surface area contributed by atoms with Crippen LogP contribution >= 0.6 is 11.6 Å². The van der Waals surface area contributed by atoms with Gasteiger partial charge >= 0.3 is 0 Å². The van der Waals surface area contributed by atoms with Crippen LogP contribution in [0.2, 0.25) is 5.02 Å². The van der Waals surface area contributed by atoms with Crippen molar-refractivity contribution in [3.8, 4) is 11.5 Å². The highest BCUT2D eigenvalue weighted by molar-refractivity contribution is 6.31. The molecule has 0 N–H and O–H groups in total. The number of benzene rings is 1. The summed E-state index contributed by atoms with van der Waals surface area (Å²) < 4.78 is 12.8. The van der Waals surface area contributed by atoms with Crippen LogP contribution in [0, 0.1) is 19.8 Å². The Balaban J connectivity index is 1.82. The maximum Gasteiger partial charge on any atom is 0.227 e. The predicted molar refractivity (Wildman–Crippen MR) is 109 cm³/mol. The lowest BCUT2D eigenvalue weighted by Crippen LogP contribution is -2.36. The molecule has 0 bridgehead atoms. The van der Waals surface area contributed by atoms with Gasteiger partial charge in [-0.05, 0) is 44.9 Å². The fourth-order valence-corrected chi connectivity index (χ4v) is 4.06. The van der Waals surface area contributed by atoms with Crippen molar-refractivity contribution in [3.05, 3.63) is 40.2 Å². The van der Waals surface area contributed by atoms with Crippen molar-refractivity contribution in [2.75, 3.05) is 20.8 Å². The minimum atomic E-state index is -0.203. The molecular formula is C21H28ClN3O3. The van der Waals surface area contributed by atoms with Crippen molar-refractivity contribution in [1.82, 2.24) is 14.7 Å². The van der Waals surface area contributed by atoms with E-state index in [1.165, 1.54) is 0 Å². The monoisotopic (exact) mass is 405 g/mol. The number of likely N-dealkylation sites (tertiary alicyclic amines) is 1. The Morgan fingerprint density at radius 1 is 1.32 bits per heavy atom. The van der Waals surface area contributed by atoms with Crippen LogP contribution in [0.25, 0.3) is 0 Å². The van der Waals surface area contributed by atoms with Gasteiger partial charge in [0.25, 0.3) is 0 Å². The molecule has 6 nitrogen and oxygen atoms in total. The second-order valence-corrected chi connectivity index (χ2v) is 7.74. The van der Waals surface area contributed by atoms with E-state index in [2.05, 4.69) is 5.10 Å². The smallest absolute Gasteiger partial charge is 0.227 e. The molecule has 152 valence electrons. The van der Waals surface area contributed by atoms with Gasteiger partial charge in [-0.3, -0.25) is 9.48 Å². The summed E-state index contributed by atoms with van der Waals surface area (Å²) in [5, 5.41) is 5.13. The van der Waals surface area contributed by atoms with Crippen LogP contribution in [0.15, 0.2) is 18.2 Å². The van der Waals surface area contributed by atoms with Crippen LogP contribution < -0.4 is 9.47 Å². The van der Waals surface area contributed by atoms with E-state index < -0.39 is 0 Å². The Bertz CT molecular complexity index is 865. The molecule has 1 amide bonds. The lowest BCUT2D eigenvalue weighted by atomic mass is 10.0. The highest BCUT2D eigenvalue weighted by atomic mass is 35.5. The van der Waals surface area contributed by atoms with Gasteiger partial charge in [0.15, 0.2) is 0 Å². The van der Waals surface area contributed by atoms with Crippen molar-refractivity contribution in [2.24, 2.45) is 5.92 Å². The number of aromatic nitrogens is 2. The van der Waals surface area contributed by atoms with E-state index in [9.17, 15) is 4.79 Å². The number of hydrogen-bond acceptors (Lipinski definition) is 4. The van der Waals surface area contributed by atoms with Gasteiger partial charge in [-0.2, -0.15) is 5.10 Å². The third-order valence-corrected chi connectivity index (χ3v) is 6.04. The van der Waals surface area contributed by atoms with E-state index in [4.69, 9.17) is 21.1 Å². The van der Waals surface area contributed by atoms with Crippen LogP contribution in [0.3, 0.4) is 0 Å². The molecular weight excluding hydrogens is 378 g/mol. The van der Waals surface area contributed by atoms with E-state index in [0.29, 0.717) is 11.6 Å². The lowest BCUT2D eigenvalue weighted by Gasteiger charge is -2.29. The summed E-state index contributed by atoms with van der Waals surface area (Å²) in [5.74, 6) is 1.46. The van der Waals surface area contributed by atoms with Crippen LogP contribution in [0.4, 0.5) is 0 Å². The number of rotatable bonds is 6. The number of amides is 1. The van der Waals surface area contributed by atoms with Crippen molar-refractivity contribution in [3.63, 3.8) is 0 Å². The molecule has 28 heavy (non-hydrogen) atoms. The maximum atomic E-state index is 13.3. The number of aryl methyl sites for hydroxylation is 1. The normalized spacial score (nSPS) is 17.6. The number of carbonyl (C=O) groups excluding carboxylic acids is 1. The van der Waals surface area contributed by atoms with E-state index in [1.54, 1.807) is 14.2 Å². The summed E-state index contributed by atoms with van der Waals surface area (Å²) in [6, 6.07) is 5.74. The fourth-order valence-electron chi connectivity index (χ4n) is 3.93. The molecule has 0 radical (unpaired) electrons. The third kappa shape index (κ3) is 3.83. The van der Waals surface area contributed by atoms with Gasteiger partial charge in [-0.15, -0.1) is 0 Å². The molecule has 1 aliphatic rings. The van der Waals surface area contributed by atoms with Crippen LogP contribution in [-0.4, -0.2) is 41.4 Å². The number of methoxy groups -OCH3 is 2. The maximum absolute atomic E-state index is 13.3. The molecule has 0 spiro atoms. The molecule has 2 aromatic rings. The van der Waals surface area contributed by atoms with Crippen molar-refractivity contribution in [2.45, 2.75) is 46.2 Å². The minimum Gasteiger partial charge on any atom is -0.497 e. The summed E-state index contributed by atoms with van der Waals surface area (Å²) in [4.78, 5) is 15.2. The molecule has 1 aromatic heterocycles. The van der Waals surface area contributed by atoms with Gasteiger partial charge in [0.1, 0.15) is 11.5 Å². The number of carbonyl (C=O) groups is 1. The Morgan fingerprint density at radius 2 is 2.07 bits per heavy atom. The summed E-state index contributed by atoms with van der Waals surface area (Å²) in [6.07, 6.45) is 1.88. The lowest BCUT2D eigenvalue weighted by molar-refractivity contribution is -0.136. The zero-order valence-corrected chi connectivity index (χ0v) is 17.9. The van der Waals surface area contributed by atoms with Crippen LogP contribution in [0.5, 0.6) is 11.5 Å². The Kier molecular flexibility index (Phi) is 6.18. The number of nitrogens with zero attached hydrogens (tertiary/aromatic N) is 3. The van der Waals surface area contributed by atoms with Gasteiger partial charge in [-0.1, -0.05) is 18.5 Å². The van der Waals surface area contributed by atoms with E-state index in [-0.39, 0.29) is 17.9 Å². The molecule has 1 fully saturated rings. The summed E-state index contributed by atoms with van der Waals surface area (Å²) >= 11 is 6.25. The molecule has 1 aromatic carbocycles. The number of hydrogen-bond donors (Lipinski definition) is 0. The molecule has 0 aliphatic carbocycles. The third-order valence-electron chi connectivity index (χ3n) is 5.49. The Morgan fingerprint density at radius 3 is 2.68 bits per heavy atom. The molecule has 1 saturated heterocycles. The number of halogens is 1. The molecule has 0 unspecified atom stereocenters.